The molecule has 1 heterocycles. The lowest BCUT2D eigenvalue weighted by molar-refractivity contribution is 0.242. The van der Waals surface area contributed by atoms with Gasteiger partial charge in [0.1, 0.15) is 17.6 Å². The van der Waals surface area contributed by atoms with Crippen molar-refractivity contribution in [3.8, 4) is 22.6 Å². The van der Waals surface area contributed by atoms with Gasteiger partial charge in [0.05, 0.1) is 29.5 Å². The standard InChI is InChI=1S/C28H26N2O6S2/c1-30(38(33,34)22-11-5-4-6-12-22)21-10-7-9-19(17-21)28-24-18-20(29-37(3,31)32)15-16-23(24)27-25(35-2)13-8-14-26(27)36-28/h4-18,28-29H,1-3H3. The maximum atomic E-state index is 13.2. The van der Waals surface area contributed by atoms with Crippen molar-refractivity contribution >= 4 is 31.4 Å². The van der Waals surface area contributed by atoms with E-state index >= 15 is 0 Å². The van der Waals surface area contributed by atoms with Crippen LogP contribution in [0, 0.1) is 0 Å². The molecule has 10 heteroatoms. The Morgan fingerprint density at radius 2 is 1.61 bits per heavy atom. The first-order valence-corrected chi connectivity index (χ1v) is 15.0. The summed E-state index contributed by atoms with van der Waals surface area (Å²) in [6.07, 6.45) is 0.448. The molecule has 0 bridgehead atoms. The molecule has 0 radical (unpaired) electrons. The molecule has 1 unspecified atom stereocenters. The van der Waals surface area contributed by atoms with Crippen LogP contribution in [0.2, 0.25) is 0 Å². The summed E-state index contributed by atoms with van der Waals surface area (Å²) in [5.74, 6) is 1.22. The quantitative estimate of drug-likeness (QED) is 0.346. The number of nitrogens with one attached hydrogen (secondary N) is 1. The first kappa shape index (κ1) is 25.6. The van der Waals surface area contributed by atoms with Crippen molar-refractivity contribution in [2.24, 2.45) is 0 Å². The van der Waals surface area contributed by atoms with Gasteiger partial charge in [0.25, 0.3) is 10.0 Å². The van der Waals surface area contributed by atoms with E-state index in [4.69, 9.17) is 9.47 Å². The Labute approximate surface area is 222 Å². The lowest BCUT2D eigenvalue weighted by Gasteiger charge is -2.31. The summed E-state index contributed by atoms with van der Waals surface area (Å²) in [5.41, 5.74) is 3.83. The van der Waals surface area contributed by atoms with Crippen LogP contribution in [-0.2, 0) is 20.0 Å². The summed E-state index contributed by atoms with van der Waals surface area (Å²) >= 11 is 0. The van der Waals surface area contributed by atoms with E-state index in [2.05, 4.69) is 4.72 Å². The fourth-order valence-corrected chi connectivity index (χ4v) is 6.30. The van der Waals surface area contributed by atoms with E-state index in [0.29, 0.717) is 34.0 Å². The molecule has 4 aromatic rings. The number of anilines is 2. The summed E-state index contributed by atoms with van der Waals surface area (Å²) in [7, 11) is -4.21. The molecule has 0 saturated heterocycles. The van der Waals surface area contributed by atoms with Crippen LogP contribution in [0.15, 0.2) is 95.9 Å². The normalized spacial score (nSPS) is 14.6. The van der Waals surface area contributed by atoms with Gasteiger partial charge in [0.2, 0.25) is 10.0 Å². The Kier molecular flexibility index (Phi) is 6.54. The van der Waals surface area contributed by atoms with E-state index in [-0.39, 0.29) is 4.90 Å². The van der Waals surface area contributed by atoms with Crippen LogP contribution < -0.4 is 18.5 Å². The van der Waals surface area contributed by atoms with Gasteiger partial charge in [0, 0.05) is 18.3 Å². The highest BCUT2D eigenvalue weighted by Crippen LogP contribution is 2.49. The molecule has 1 aliphatic rings. The molecule has 196 valence electrons. The van der Waals surface area contributed by atoms with Gasteiger partial charge in [0.15, 0.2) is 0 Å². The fourth-order valence-electron chi connectivity index (χ4n) is 4.54. The van der Waals surface area contributed by atoms with Crippen LogP contribution in [-0.4, -0.2) is 37.2 Å². The van der Waals surface area contributed by atoms with Crippen LogP contribution in [0.25, 0.3) is 11.1 Å². The number of sulfonamides is 2. The summed E-state index contributed by atoms with van der Waals surface area (Å²) < 4.78 is 66.1. The number of fused-ring (bicyclic) bond motifs is 3. The molecule has 0 saturated carbocycles. The summed E-state index contributed by atoms with van der Waals surface area (Å²) in [6, 6.07) is 26.1. The van der Waals surface area contributed by atoms with Crippen LogP contribution in [0.5, 0.6) is 11.5 Å². The lowest BCUT2D eigenvalue weighted by atomic mass is 9.88. The monoisotopic (exact) mass is 550 g/mol. The lowest BCUT2D eigenvalue weighted by Crippen LogP contribution is -2.26. The molecule has 1 N–H and O–H groups in total. The highest BCUT2D eigenvalue weighted by molar-refractivity contribution is 7.92. The van der Waals surface area contributed by atoms with E-state index in [1.54, 1.807) is 67.8 Å². The maximum absolute atomic E-state index is 13.2. The molecule has 1 aliphatic heterocycles. The zero-order valence-corrected chi connectivity index (χ0v) is 22.6. The Morgan fingerprint density at radius 1 is 0.868 bits per heavy atom. The predicted molar refractivity (Wildman–Crippen MR) is 148 cm³/mol. The van der Waals surface area contributed by atoms with Crippen LogP contribution >= 0.6 is 0 Å². The number of benzene rings is 4. The molecular formula is C28H26N2O6S2. The number of hydrogen-bond donors (Lipinski definition) is 1. The SMILES string of the molecule is COc1cccc2c1-c1ccc(NS(C)(=O)=O)cc1C(c1cccc(N(C)S(=O)(=O)c3ccccc3)c1)O2. The van der Waals surface area contributed by atoms with Crippen molar-refractivity contribution in [2.75, 3.05) is 29.4 Å². The maximum Gasteiger partial charge on any atom is 0.264 e. The zero-order chi connectivity index (χ0) is 27.1. The molecule has 0 aromatic heterocycles. The average molecular weight is 551 g/mol. The highest BCUT2D eigenvalue weighted by atomic mass is 32.2. The van der Waals surface area contributed by atoms with E-state index in [0.717, 1.165) is 17.4 Å². The van der Waals surface area contributed by atoms with E-state index < -0.39 is 26.2 Å². The summed E-state index contributed by atoms with van der Waals surface area (Å²) in [5, 5.41) is 0. The Hall–Kier alpha value is -4.02. The van der Waals surface area contributed by atoms with Crippen molar-refractivity contribution < 1.29 is 26.3 Å². The third-order valence-electron chi connectivity index (χ3n) is 6.30. The second-order valence-corrected chi connectivity index (χ2v) is 12.6. The molecular weight excluding hydrogens is 524 g/mol. The topological polar surface area (TPSA) is 102 Å². The van der Waals surface area contributed by atoms with Gasteiger partial charge in [-0.2, -0.15) is 0 Å². The van der Waals surface area contributed by atoms with Crippen molar-refractivity contribution in [2.45, 2.75) is 11.0 Å². The molecule has 1 atom stereocenters. The van der Waals surface area contributed by atoms with Gasteiger partial charge in [-0.05, 0) is 59.7 Å². The van der Waals surface area contributed by atoms with E-state index in [9.17, 15) is 16.8 Å². The minimum Gasteiger partial charge on any atom is -0.496 e. The number of rotatable bonds is 7. The Balaban J connectivity index is 1.62. The molecule has 0 spiro atoms. The van der Waals surface area contributed by atoms with Gasteiger partial charge in [-0.1, -0.05) is 42.5 Å². The molecule has 8 nitrogen and oxygen atoms in total. The van der Waals surface area contributed by atoms with Gasteiger partial charge in [-0.15, -0.1) is 0 Å². The highest BCUT2D eigenvalue weighted by Gasteiger charge is 2.31. The molecule has 0 aliphatic carbocycles. The number of ether oxygens (including phenoxy) is 2. The fraction of sp³-hybridized carbons (Fsp3) is 0.143. The summed E-state index contributed by atoms with van der Waals surface area (Å²) in [6.45, 7) is 0. The molecule has 4 aromatic carbocycles. The molecule has 5 rings (SSSR count). The predicted octanol–water partition coefficient (Wildman–Crippen LogP) is 5.04. The Bertz CT molecular complexity index is 1720. The third kappa shape index (κ3) is 4.80. The van der Waals surface area contributed by atoms with Crippen molar-refractivity contribution in [1.82, 2.24) is 0 Å². The molecule has 38 heavy (non-hydrogen) atoms. The molecule has 0 fully saturated rings. The van der Waals surface area contributed by atoms with Crippen molar-refractivity contribution in [3.05, 3.63) is 102 Å². The minimum atomic E-state index is -3.79. The smallest absolute Gasteiger partial charge is 0.264 e. The van der Waals surface area contributed by atoms with Crippen LogP contribution in [0.3, 0.4) is 0 Å². The summed E-state index contributed by atoms with van der Waals surface area (Å²) in [4.78, 5) is 0.185. The van der Waals surface area contributed by atoms with Crippen molar-refractivity contribution in [3.63, 3.8) is 0 Å². The second kappa shape index (κ2) is 9.70. The van der Waals surface area contributed by atoms with E-state index in [1.165, 1.54) is 11.4 Å². The minimum absolute atomic E-state index is 0.185. The van der Waals surface area contributed by atoms with Crippen molar-refractivity contribution in [1.29, 1.82) is 0 Å². The van der Waals surface area contributed by atoms with Gasteiger partial charge >= 0.3 is 0 Å². The largest absolute Gasteiger partial charge is 0.496 e. The number of hydrogen-bond acceptors (Lipinski definition) is 6. The molecule has 0 amide bonds. The first-order valence-electron chi connectivity index (χ1n) is 11.7. The first-order chi connectivity index (χ1) is 18.1. The number of nitrogens with zero attached hydrogens (tertiary/aromatic N) is 1. The number of methoxy groups -OCH3 is 1. The van der Waals surface area contributed by atoms with Gasteiger partial charge in [-0.3, -0.25) is 9.03 Å². The van der Waals surface area contributed by atoms with Crippen LogP contribution in [0.4, 0.5) is 11.4 Å². The second-order valence-electron chi connectivity index (χ2n) is 8.89. The van der Waals surface area contributed by atoms with Gasteiger partial charge < -0.3 is 9.47 Å². The van der Waals surface area contributed by atoms with Crippen LogP contribution in [0.1, 0.15) is 17.2 Å². The van der Waals surface area contributed by atoms with E-state index in [1.807, 2.05) is 30.3 Å². The van der Waals surface area contributed by atoms with Gasteiger partial charge in [-0.25, -0.2) is 16.8 Å². The zero-order valence-electron chi connectivity index (χ0n) is 21.0. The average Bonchev–Trinajstić information content (AvgIpc) is 2.91. The third-order valence-corrected chi connectivity index (χ3v) is 8.70. The Morgan fingerprint density at radius 3 is 2.32 bits per heavy atom.